The molecule has 1 aliphatic heterocycles. The number of likely N-dealkylation sites (tertiary alicyclic amines) is 1. The van der Waals surface area contributed by atoms with E-state index in [4.69, 9.17) is 43.4 Å². The number of aromatic nitrogens is 1. The number of aryl methyl sites for hydroxylation is 1. The summed E-state index contributed by atoms with van der Waals surface area (Å²) < 4.78 is 44.9. The quantitative estimate of drug-likeness (QED) is 0.0394. The molecule has 0 saturated carbocycles. The topological polar surface area (TPSA) is 234 Å². The molecule has 1 aromatic carbocycles. The summed E-state index contributed by atoms with van der Waals surface area (Å²) >= 11 is 1.57. The molecule has 2 heterocycles. The molecule has 0 radical (unpaired) electrons. The fraction of sp³-hybridized carbons (Fsp3) is 0.727. The molecule has 1 aromatic heterocycles. The Labute approximate surface area is 381 Å². The molecule has 0 spiro atoms. The maximum absolute atomic E-state index is 14.2. The molecule has 1 unspecified atom stereocenters. The van der Waals surface area contributed by atoms with E-state index >= 15 is 0 Å². The largest absolute Gasteiger partial charge is 0.391 e. The normalized spacial score (nSPS) is 17.1. The van der Waals surface area contributed by atoms with Crippen LogP contribution < -0.4 is 10.6 Å². The second-order valence-electron chi connectivity index (χ2n) is 17.0. The summed E-state index contributed by atoms with van der Waals surface area (Å²) in [6.45, 7) is 16.1. The number of β-amino-alcohol motifs (C(OH)–C–C–N with tert-alkyl or cyclic N) is 1. The standard InChI is InChI=1S/C44H71N7O12S/c1-32(34-9-11-35(12-10-34)39-33(2)46-31-64-39)48-41(54)37-25-36(52)26-51(37)42(55)40(43(3,4)5)49-38(53)27-63-30-44(6,28-61-23-21-59-19-17-57-15-8-14-56-7)29-62-24-22-60-20-18-58-16-13-47-50-45/h9-12,31-32,36-37,40,52H,8,13-30H2,1-7H3,(H,48,54)(H,49,53)/t32-,36+,37-,40+,44?/m0/s1. The highest BCUT2D eigenvalue weighted by Crippen LogP contribution is 2.30. The summed E-state index contributed by atoms with van der Waals surface area (Å²) in [5.41, 5.74) is 11.6. The first-order valence-corrected chi connectivity index (χ1v) is 22.7. The van der Waals surface area contributed by atoms with Gasteiger partial charge in [0.15, 0.2) is 0 Å². The van der Waals surface area contributed by atoms with E-state index in [1.54, 1.807) is 18.4 Å². The molecular weight excluding hydrogens is 851 g/mol. The van der Waals surface area contributed by atoms with E-state index in [1.807, 2.05) is 71.3 Å². The molecular formula is C44H71N7O12S. The lowest BCUT2D eigenvalue weighted by Gasteiger charge is -2.35. The van der Waals surface area contributed by atoms with Gasteiger partial charge >= 0.3 is 0 Å². The molecule has 0 aliphatic carbocycles. The number of hydrogen-bond acceptors (Lipinski definition) is 15. The van der Waals surface area contributed by atoms with Crippen molar-refractivity contribution in [2.24, 2.45) is 15.9 Å². The van der Waals surface area contributed by atoms with Gasteiger partial charge in [0, 0.05) is 50.2 Å². The average molecular weight is 922 g/mol. The van der Waals surface area contributed by atoms with E-state index in [0.717, 1.165) is 28.1 Å². The number of nitrogens with zero attached hydrogens (tertiary/aromatic N) is 5. The second kappa shape index (κ2) is 29.7. The smallest absolute Gasteiger partial charge is 0.246 e. The maximum Gasteiger partial charge on any atom is 0.246 e. The minimum atomic E-state index is -1.02. The molecule has 3 N–H and O–H groups in total. The van der Waals surface area contributed by atoms with E-state index in [2.05, 4.69) is 25.6 Å². The van der Waals surface area contributed by atoms with Crippen molar-refractivity contribution in [2.75, 3.05) is 119 Å². The Bertz CT molecular complexity index is 1710. The molecule has 20 heteroatoms. The van der Waals surface area contributed by atoms with Crippen LogP contribution in [0.3, 0.4) is 0 Å². The van der Waals surface area contributed by atoms with Gasteiger partial charge in [0.1, 0.15) is 18.7 Å². The van der Waals surface area contributed by atoms with Crippen molar-refractivity contribution in [3.05, 3.63) is 51.5 Å². The van der Waals surface area contributed by atoms with Crippen LogP contribution in [0.2, 0.25) is 0 Å². The Morgan fingerprint density at radius 2 is 1.45 bits per heavy atom. The first kappa shape index (κ1) is 54.5. The second-order valence-corrected chi connectivity index (χ2v) is 17.9. The van der Waals surface area contributed by atoms with Gasteiger partial charge in [-0.05, 0) is 42.3 Å². The highest BCUT2D eigenvalue weighted by atomic mass is 32.1. The minimum Gasteiger partial charge on any atom is -0.391 e. The molecule has 64 heavy (non-hydrogen) atoms. The van der Waals surface area contributed by atoms with Crippen molar-refractivity contribution < 1.29 is 57.4 Å². The number of hydrogen-bond donors (Lipinski definition) is 3. The van der Waals surface area contributed by atoms with Crippen LogP contribution in [0.15, 0.2) is 34.9 Å². The molecule has 19 nitrogen and oxygen atoms in total. The van der Waals surface area contributed by atoms with E-state index in [9.17, 15) is 19.5 Å². The average Bonchev–Trinajstić information content (AvgIpc) is 3.88. The fourth-order valence-corrected chi connectivity index (χ4v) is 7.52. The number of ether oxygens (including phenoxy) is 8. The van der Waals surface area contributed by atoms with Crippen LogP contribution in [0.4, 0.5) is 0 Å². The Balaban J connectivity index is 1.53. The minimum absolute atomic E-state index is 0.0447. The van der Waals surface area contributed by atoms with E-state index in [0.29, 0.717) is 72.7 Å². The van der Waals surface area contributed by atoms with E-state index < -0.39 is 40.8 Å². The number of thiazole rings is 1. The first-order valence-electron chi connectivity index (χ1n) is 21.8. The number of aliphatic hydroxyl groups excluding tert-OH is 1. The van der Waals surface area contributed by atoms with Crippen LogP contribution in [0.1, 0.15) is 64.8 Å². The Morgan fingerprint density at radius 1 is 0.875 bits per heavy atom. The van der Waals surface area contributed by atoms with Gasteiger partial charge < -0.3 is 58.5 Å². The summed E-state index contributed by atoms with van der Waals surface area (Å²) in [5, 5.41) is 20.0. The lowest BCUT2D eigenvalue weighted by molar-refractivity contribution is -0.145. The predicted molar refractivity (Wildman–Crippen MR) is 241 cm³/mol. The van der Waals surface area contributed by atoms with Gasteiger partial charge in [0.2, 0.25) is 17.7 Å². The van der Waals surface area contributed by atoms with Crippen LogP contribution in [-0.4, -0.2) is 170 Å². The highest BCUT2D eigenvalue weighted by molar-refractivity contribution is 7.13. The van der Waals surface area contributed by atoms with Gasteiger partial charge in [-0.1, -0.05) is 57.1 Å². The number of aliphatic hydroxyl groups is 1. The number of rotatable bonds is 33. The van der Waals surface area contributed by atoms with E-state index in [1.165, 1.54) is 4.90 Å². The summed E-state index contributed by atoms with van der Waals surface area (Å²) in [6, 6.07) is 5.59. The Kier molecular flexibility index (Phi) is 25.3. The molecule has 360 valence electrons. The molecule has 3 rings (SSSR count). The molecule has 5 atom stereocenters. The number of methoxy groups -OCH3 is 1. The van der Waals surface area contributed by atoms with Gasteiger partial charge in [-0.3, -0.25) is 14.4 Å². The first-order chi connectivity index (χ1) is 30.7. The van der Waals surface area contributed by atoms with Crippen molar-refractivity contribution >= 4 is 29.1 Å². The van der Waals surface area contributed by atoms with Gasteiger partial charge in [0.05, 0.1) is 108 Å². The number of carbonyl (C=O) groups is 3. The molecule has 2 aromatic rings. The molecule has 3 amide bonds. The van der Waals surface area contributed by atoms with E-state index in [-0.39, 0.29) is 57.9 Å². The highest BCUT2D eigenvalue weighted by Gasteiger charge is 2.44. The summed E-state index contributed by atoms with van der Waals surface area (Å²) in [5.74, 6) is -1.38. The number of amides is 3. The summed E-state index contributed by atoms with van der Waals surface area (Å²) in [6.07, 6.45) is -0.0188. The third-order valence-corrected chi connectivity index (χ3v) is 11.1. The monoisotopic (exact) mass is 921 g/mol. The Morgan fingerprint density at radius 3 is 2.02 bits per heavy atom. The molecule has 1 aliphatic rings. The zero-order chi connectivity index (χ0) is 46.8. The van der Waals surface area contributed by atoms with Crippen LogP contribution in [0, 0.1) is 17.8 Å². The molecule has 0 bridgehead atoms. The van der Waals surface area contributed by atoms with Crippen molar-refractivity contribution in [3.63, 3.8) is 0 Å². The zero-order valence-electron chi connectivity index (χ0n) is 38.7. The number of carbonyl (C=O) groups excluding carboxylic acids is 3. The van der Waals surface area contributed by atoms with Gasteiger partial charge in [-0.15, -0.1) is 11.3 Å². The van der Waals surface area contributed by atoms with Crippen LogP contribution in [-0.2, 0) is 52.3 Å². The van der Waals surface area contributed by atoms with Crippen LogP contribution in [0.25, 0.3) is 20.9 Å². The molecule has 1 saturated heterocycles. The predicted octanol–water partition coefficient (Wildman–Crippen LogP) is 4.26. The maximum atomic E-state index is 14.2. The Hall–Kier alpha value is -3.79. The van der Waals surface area contributed by atoms with Gasteiger partial charge in [-0.2, -0.15) is 0 Å². The number of nitrogens with one attached hydrogen (secondary N) is 2. The lowest BCUT2D eigenvalue weighted by Crippen LogP contribution is -2.58. The van der Waals surface area contributed by atoms with Crippen molar-refractivity contribution in [2.45, 2.75) is 78.6 Å². The van der Waals surface area contributed by atoms with Crippen molar-refractivity contribution in [3.8, 4) is 10.4 Å². The van der Waals surface area contributed by atoms with Crippen LogP contribution >= 0.6 is 11.3 Å². The van der Waals surface area contributed by atoms with Gasteiger partial charge in [0.25, 0.3) is 0 Å². The SMILES string of the molecule is COCCCOCCOCCOCC(C)(COCCOCCOCCN=[N+]=[N-])COCC(=O)N[C@H](C(=O)N1C[C@H](O)C[C@H]1C(=O)N[C@@H](C)c1ccc(-c2scnc2C)cc1)C(C)(C)C. The molecule has 1 fully saturated rings. The number of azide groups is 1. The van der Waals surface area contributed by atoms with Crippen molar-refractivity contribution in [1.29, 1.82) is 0 Å². The third-order valence-electron chi connectivity index (χ3n) is 10.2. The van der Waals surface area contributed by atoms with Gasteiger partial charge in [-0.25, -0.2) is 4.98 Å². The fourth-order valence-electron chi connectivity index (χ4n) is 6.71. The lowest BCUT2D eigenvalue weighted by atomic mass is 9.85. The third kappa shape index (κ3) is 20.2. The summed E-state index contributed by atoms with van der Waals surface area (Å²) in [4.78, 5) is 50.8. The number of benzene rings is 1. The van der Waals surface area contributed by atoms with Crippen LogP contribution in [0.5, 0.6) is 0 Å². The zero-order valence-corrected chi connectivity index (χ0v) is 39.5. The summed E-state index contributed by atoms with van der Waals surface area (Å²) in [7, 11) is 1.65. The van der Waals surface area contributed by atoms with Crippen molar-refractivity contribution in [1.82, 2.24) is 20.5 Å².